The minimum atomic E-state index is -0.714. The van der Waals surface area contributed by atoms with Gasteiger partial charge in [-0.25, -0.2) is 4.39 Å². The first-order valence-electron chi connectivity index (χ1n) is 3.10. The van der Waals surface area contributed by atoms with Crippen LogP contribution in [0.1, 0.15) is 13.3 Å². The number of hydrogen-bond donors (Lipinski definition) is 1. The highest BCUT2D eigenvalue weighted by atomic mass is 32.2. The van der Waals surface area contributed by atoms with E-state index in [1.807, 2.05) is 0 Å². The summed E-state index contributed by atoms with van der Waals surface area (Å²) in [6.07, 6.45) is 0.0610. The first-order chi connectivity index (χ1) is 4.27. The van der Waals surface area contributed by atoms with Gasteiger partial charge in [0.15, 0.2) is 0 Å². The maximum atomic E-state index is 12.0. The molecule has 0 heterocycles. The molecule has 0 amide bonds. The molecular formula is C6H13FOS. The molecule has 0 aliphatic carbocycles. The molecule has 0 aromatic rings. The van der Waals surface area contributed by atoms with E-state index in [4.69, 9.17) is 5.11 Å². The number of thioether (sulfide) groups is 1. The van der Waals surface area contributed by atoms with Crippen LogP contribution in [0.15, 0.2) is 0 Å². The summed E-state index contributed by atoms with van der Waals surface area (Å²) >= 11 is 1.55. The molecule has 0 aromatic heterocycles. The summed E-state index contributed by atoms with van der Waals surface area (Å²) in [6, 6.07) is 0. The fourth-order valence-corrected chi connectivity index (χ4v) is 1.24. The molecule has 1 N–H and O–H groups in total. The highest BCUT2D eigenvalue weighted by molar-refractivity contribution is 7.99. The molecule has 0 spiro atoms. The number of hydrogen-bond acceptors (Lipinski definition) is 2. The highest BCUT2D eigenvalue weighted by Crippen LogP contribution is 2.05. The van der Waals surface area contributed by atoms with Gasteiger partial charge in [0.25, 0.3) is 0 Å². The SMILES string of the molecule is CC(F)CSCCCO. The summed E-state index contributed by atoms with van der Waals surface area (Å²) < 4.78 is 12.0. The molecule has 0 aliphatic rings. The number of rotatable bonds is 5. The van der Waals surface area contributed by atoms with Gasteiger partial charge in [-0.2, -0.15) is 11.8 Å². The predicted molar refractivity (Wildman–Crippen MR) is 39.6 cm³/mol. The van der Waals surface area contributed by atoms with Crippen LogP contribution in [0.25, 0.3) is 0 Å². The molecule has 1 unspecified atom stereocenters. The van der Waals surface area contributed by atoms with Gasteiger partial charge < -0.3 is 5.11 Å². The minimum Gasteiger partial charge on any atom is -0.396 e. The summed E-state index contributed by atoms with van der Waals surface area (Å²) in [6.45, 7) is 1.76. The van der Waals surface area contributed by atoms with Crippen LogP contribution in [-0.4, -0.2) is 29.4 Å². The molecule has 0 aliphatic heterocycles. The van der Waals surface area contributed by atoms with Gasteiger partial charge in [0.05, 0.1) is 0 Å². The lowest BCUT2D eigenvalue weighted by atomic mass is 10.5. The van der Waals surface area contributed by atoms with E-state index in [1.165, 1.54) is 0 Å². The van der Waals surface area contributed by atoms with Crippen LogP contribution < -0.4 is 0 Å². The Labute approximate surface area is 59.6 Å². The van der Waals surface area contributed by atoms with E-state index in [0.717, 1.165) is 12.2 Å². The van der Waals surface area contributed by atoms with Gasteiger partial charge in [-0.05, 0) is 19.1 Å². The summed E-state index contributed by atoms with van der Waals surface area (Å²) in [5, 5.41) is 8.32. The second-order valence-electron chi connectivity index (χ2n) is 1.93. The van der Waals surface area contributed by atoms with Crippen molar-refractivity contribution in [3.63, 3.8) is 0 Å². The van der Waals surface area contributed by atoms with Crippen LogP contribution in [0, 0.1) is 0 Å². The number of aliphatic hydroxyl groups excluding tert-OH is 1. The molecule has 9 heavy (non-hydrogen) atoms. The van der Waals surface area contributed by atoms with E-state index in [1.54, 1.807) is 18.7 Å². The van der Waals surface area contributed by atoms with E-state index >= 15 is 0 Å². The largest absolute Gasteiger partial charge is 0.396 e. The lowest BCUT2D eigenvalue weighted by molar-refractivity contribution is 0.296. The maximum Gasteiger partial charge on any atom is 0.106 e. The van der Waals surface area contributed by atoms with Crippen molar-refractivity contribution in [3.8, 4) is 0 Å². The van der Waals surface area contributed by atoms with Crippen molar-refractivity contribution in [2.24, 2.45) is 0 Å². The Hall–Kier alpha value is 0.240. The molecule has 1 nitrogen and oxygen atoms in total. The van der Waals surface area contributed by atoms with E-state index in [0.29, 0.717) is 5.75 Å². The predicted octanol–water partition coefficient (Wildman–Crippen LogP) is 1.46. The Morgan fingerprint density at radius 3 is 2.78 bits per heavy atom. The third-order valence-corrected chi connectivity index (χ3v) is 2.07. The monoisotopic (exact) mass is 152 g/mol. The fraction of sp³-hybridized carbons (Fsp3) is 1.00. The van der Waals surface area contributed by atoms with Crippen LogP contribution in [0.4, 0.5) is 4.39 Å². The smallest absolute Gasteiger partial charge is 0.106 e. The summed E-state index contributed by atoms with van der Waals surface area (Å²) in [5.74, 6) is 1.42. The Kier molecular flexibility index (Phi) is 6.53. The van der Waals surface area contributed by atoms with Crippen molar-refractivity contribution >= 4 is 11.8 Å². The standard InChI is InChI=1S/C6H13FOS/c1-6(7)5-9-4-2-3-8/h6,8H,2-5H2,1H3. The highest BCUT2D eigenvalue weighted by Gasteiger charge is 1.95. The third-order valence-electron chi connectivity index (χ3n) is 0.794. The summed E-state index contributed by atoms with van der Waals surface area (Å²) in [5.41, 5.74) is 0. The van der Waals surface area contributed by atoms with E-state index in [9.17, 15) is 4.39 Å². The van der Waals surface area contributed by atoms with Crippen LogP contribution in [-0.2, 0) is 0 Å². The number of aliphatic hydroxyl groups is 1. The average Bonchev–Trinajstić information content (AvgIpc) is 1.80. The Morgan fingerprint density at radius 2 is 2.33 bits per heavy atom. The molecule has 0 saturated carbocycles. The Morgan fingerprint density at radius 1 is 1.67 bits per heavy atom. The zero-order valence-corrected chi connectivity index (χ0v) is 6.46. The molecular weight excluding hydrogens is 139 g/mol. The summed E-state index contributed by atoms with van der Waals surface area (Å²) in [7, 11) is 0. The maximum absolute atomic E-state index is 12.0. The van der Waals surface area contributed by atoms with Crippen LogP contribution in [0.2, 0.25) is 0 Å². The molecule has 1 atom stereocenters. The average molecular weight is 152 g/mol. The van der Waals surface area contributed by atoms with E-state index < -0.39 is 6.17 Å². The summed E-state index contributed by atoms with van der Waals surface area (Å²) in [4.78, 5) is 0. The molecule has 0 radical (unpaired) electrons. The van der Waals surface area contributed by atoms with Gasteiger partial charge >= 0.3 is 0 Å². The fourth-order valence-electron chi connectivity index (χ4n) is 0.412. The lowest BCUT2D eigenvalue weighted by Gasteiger charge is -1.99. The first-order valence-corrected chi connectivity index (χ1v) is 4.25. The molecule has 0 saturated heterocycles. The van der Waals surface area contributed by atoms with Gasteiger partial charge in [0.1, 0.15) is 6.17 Å². The molecule has 3 heteroatoms. The van der Waals surface area contributed by atoms with Crippen molar-refractivity contribution in [2.45, 2.75) is 19.5 Å². The number of halogens is 1. The first kappa shape index (κ1) is 9.24. The van der Waals surface area contributed by atoms with Crippen molar-refractivity contribution in [1.29, 1.82) is 0 Å². The van der Waals surface area contributed by atoms with Crippen molar-refractivity contribution in [3.05, 3.63) is 0 Å². The second kappa shape index (κ2) is 6.36. The van der Waals surface area contributed by atoms with Crippen LogP contribution in [0.5, 0.6) is 0 Å². The van der Waals surface area contributed by atoms with Crippen molar-refractivity contribution < 1.29 is 9.50 Å². The molecule has 0 fully saturated rings. The van der Waals surface area contributed by atoms with Crippen molar-refractivity contribution in [2.75, 3.05) is 18.1 Å². The molecule has 0 bridgehead atoms. The minimum absolute atomic E-state index is 0.216. The Bertz CT molecular complexity index is 59.0. The molecule has 0 aromatic carbocycles. The molecule has 56 valence electrons. The van der Waals surface area contributed by atoms with E-state index in [2.05, 4.69) is 0 Å². The Balaban J connectivity index is 2.75. The van der Waals surface area contributed by atoms with Gasteiger partial charge in [-0.15, -0.1) is 0 Å². The van der Waals surface area contributed by atoms with Crippen molar-refractivity contribution in [1.82, 2.24) is 0 Å². The third kappa shape index (κ3) is 8.24. The number of alkyl halides is 1. The van der Waals surface area contributed by atoms with Gasteiger partial charge in [-0.3, -0.25) is 0 Å². The zero-order chi connectivity index (χ0) is 7.11. The van der Waals surface area contributed by atoms with Gasteiger partial charge in [0.2, 0.25) is 0 Å². The second-order valence-corrected chi connectivity index (χ2v) is 3.08. The zero-order valence-electron chi connectivity index (χ0n) is 5.64. The quantitative estimate of drug-likeness (QED) is 0.602. The lowest BCUT2D eigenvalue weighted by Crippen LogP contribution is -1.97. The van der Waals surface area contributed by atoms with Crippen LogP contribution in [0.3, 0.4) is 0 Å². The normalized spacial score (nSPS) is 13.7. The van der Waals surface area contributed by atoms with Gasteiger partial charge in [-0.1, -0.05) is 0 Å². The topological polar surface area (TPSA) is 20.2 Å². The van der Waals surface area contributed by atoms with Crippen LogP contribution >= 0.6 is 11.8 Å². The van der Waals surface area contributed by atoms with Gasteiger partial charge in [0, 0.05) is 12.4 Å². The van der Waals surface area contributed by atoms with E-state index in [-0.39, 0.29) is 6.61 Å². The molecule has 0 rings (SSSR count).